The number of fused-ring (bicyclic) bond motifs is 1. The number of pyridine rings is 1. The van der Waals surface area contributed by atoms with Crippen molar-refractivity contribution < 1.29 is 9.84 Å². The molecule has 0 saturated carbocycles. The molecule has 1 aliphatic heterocycles. The van der Waals surface area contributed by atoms with Crippen LogP contribution in [-0.4, -0.2) is 36.4 Å². The summed E-state index contributed by atoms with van der Waals surface area (Å²) in [5.41, 5.74) is 2.15. The van der Waals surface area contributed by atoms with Gasteiger partial charge < -0.3 is 14.7 Å². The number of ether oxygens (including phenoxy) is 1. The lowest BCUT2D eigenvalue weighted by Gasteiger charge is -2.32. The Hall–Kier alpha value is -1.81. The van der Waals surface area contributed by atoms with E-state index in [1.807, 2.05) is 30.5 Å². The molecule has 2 heterocycles. The van der Waals surface area contributed by atoms with Gasteiger partial charge in [-0.05, 0) is 37.1 Å². The average molecular weight is 258 g/mol. The molecule has 100 valence electrons. The summed E-state index contributed by atoms with van der Waals surface area (Å²) in [6.45, 7) is 1.77. The average Bonchev–Trinajstić information content (AvgIpc) is 2.47. The third-order valence-corrected chi connectivity index (χ3v) is 3.73. The standard InChI is InChI=1S/C15H18N2O2/c1-19-12-2-3-14-13(10-12)15(4-7-16-14)17-8-5-11(18)6-9-17/h2-4,7,10-11,18H,5-6,8-9H2,1H3. The molecule has 0 radical (unpaired) electrons. The van der Waals surface area contributed by atoms with Crippen molar-refractivity contribution in [1.82, 2.24) is 4.98 Å². The Morgan fingerprint density at radius 1 is 1.26 bits per heavy atom. The molecule has 1 aromatic heterocycles. The minimum atomic E-state index is -0.154. The van der Waals surface area contributed by atoms with Crippen LogP contribution in [0.4, 0.5) is 5.69 Å². The van der Waals surface area contributed by atoms with Crippen LogP contribution in [0.2, 0.25) is 0 Å². The first-order chi connectivity index (χ1) is 9.28. The van der Waals surface area contributed by atoms with Gasteiger partial charge in [0.2, 0.25) is 0 Å². The van der Waals surface area contributed by atoms with Gasteiger partial charge in [0.15, 0.2) is 0 Å². The smallest absolute Gasteiger partial charge is 0.119 e. The van der Waals surface area contributed by atoms with Crippen molar-refractivity contribution in [2.24, 2.45) is 0 Å². The van der Waals surface area contributed by atoms with E-state index in [9.17, 15) is 5.11 Å². The van der Waals surface area contributed by atoms with Crippen LogP contribution in [0.1, 0.15) is 12.8 Å². The monoisotopic (exact) mass is 258 g/mol. The minimum absolute atomic E-state index is 0.154. The van der Waals surface area contributed by atoms with Gasteiger partial charge in [0.1, 0.15) is 5.75 Å². The molecular formula is C15H18N2O2. The fourth-order valence-corrected chi connectivity index (χ4v) is 2.62. The summed E-state index contributed by atoms with van der Waals surface area (Å²) >= 11 is 0. The van der Waals surface area contributed by atoms with Gasteiger partial charge in [-0.1, -0.05) is 0 Å². The maximum Gasteiger partial charge on any atom is 0.119 e. The number of rotatable bonds is 2. The molecule has 0 amide bonds. The number of aromatic nitrogens is 1. The number of hydrogen-bond acceptors (Lipinski definition) is 4. The summed E-state index contributed by atoms with van der Waals surface area (Å²) in [6.07, 6.45) is 3.34. The van der Waals surface area contributed by atoms with Gasteiger partial charge in [-0.15, -0.1) is 0 Å². The summed E-state index contributed by atoms with van der Waals surface area (Å²) < 4.78 is 5.30. The predicted molar refractivity (Wildman–Crippen MR) is 75.7 cm³/mol. The van der Waals surface area contributed by atoms with Crippen molar-refractivity contribution in [3.63, 3.8) is 0 Å². The van der Waals surface area contributed by atoms with Crippen molar-refractivity contribution in [2.75, 3.05) is 25.1 Å². The van der Waals surface area contributed by atoms with Crippen LogP contribution >= 0.6 is 0 Å². The van der Waals surface area contributed by atoms with E-state index in [1.165, 1.54) is 5.69 Å². The van der Waals surface area contributed by atoms with E-state index in [4.69, 9.17) is 4.74 Å². The van der Waals surface area contributed by atoms with Crippen LogP contribution in [0.15, 0.2) is 30.5 Å². The molecule has 1 fully saturated rings. The number of piperidine rings is 1. The zero-order valence-corrected chi connectivity index (χ0v) is 11.0. The fraction of sp³-hybridized carbons (Fsp3) is 0.400. The van der Waals surface area contributed by atoms with Crippen LogP contribution in [0.3, 0.4) is 0 Å². The van der Waals surface area contributed by atoms with Crippen LogP contribution in [0.5, 0.6) is 5.75 Å². The first-order valence-electron chi connectivity index (χ1n) is 6.63. The maximum absolute atomic E-state index is 9.61. The highest BCUT2D eigenvalue weighted by molar-refractivity contribution is 5.92. The van der Waals surface area contributed by atoms with Crippen molar-refractivity contribution in [3.8, 4) is 5.75 Å². The van der Waals surface area contributed by atoms with E-state index in [2.05, 4.69) is 9.88 Å². The summed E-state index contributed by atoms with van der Waals surface area (Å²) in [5, 5.41) is 10.7. The summed E-state index contributed by atoms with van der Waals surface area (Å²) in [4.78, 5) is 6.71. The number of nitrogens with zero attached hydrogens (tertiary/aromatic N) is 2. The van der Waals surface area contributed by atoms with Crippen LogP contribution in [0.25, 0.3) is 10.9 Å². The Kier molecular flexibility index (Phi) is 3.25. The van der Waals surface area contributed by atoms with E-state index in [0.29, 0.717) is 0 Å². The topological polar surface area (TPSA) is 45.6 Å². The second kappa shape index (κ2) is 5.05. The lowest BCUT2D eigenvalue weighted by Crippen LogP contribution is -2.35. The van der Waals surface area contributed by atoms with E-state index >= 15 is 0 Å². The Morgan fingerprint density at radius 3 is 2.79 bits per heavy atom. The second-order valence-electron chi connectivity index (χ2n) is 4.93. The Balaban J connectivity index is 2.02. The summed E-state index contributed by atoms with van der Waals surface area (Å²) in [5.74, 6) is 0.846. The van der Waals surface area contributed by atoms with Crippen LogP contribution < -0.4 is 9.64 Å². The van der Waals surface area contributed by atoms with E-state index in [0.717, 1.165) is 42.6 Å². The van der Waals surface area contributed by atoms with Gasteiger partial charge in [0, 0.05) is 30.4 Å². The molecule has 0 unspecified atom stereocenters. The quantitative estimate of drug-likeness (QED) is 0.897. The lowest BCUT2D eigenvalue weighted by atomic mass is 10.1. The molecule has 0 bridgehead atoms. The van der Waals surface area contributed by atoms with Crippen LogP contribution in [-0.2, 0) is 0 Å². The Bertz CT molecular complexity index is 577. The summed E-state index contributed by atoms with van der Waals surface area (Å²) in [6, 6.07) is 7.98. The SMILES string of the molecule is COc1ccc2nccc(N3CCC(O)CC3)c2c1. The third kappa shape index (κ3) is 2.36. The third-order valence-electron chi connectivity index (χ3n) is 3.73. The molecule has 1 aromatic carbocycles. The van der Waals surface area contributed by atoms with Crippen molar-refractivity contribution in [3.05, 3.63) is 30.5 Å². The second-order valence-corrected chi connectivity index (χ2v) is 4.93. The van der Waals surface area contributed by atoms with E-state index in [1.54, 1.807) is 7.11 Å². The highest BCUT2D eigenvalue weighted by atomic mass is 16.5. The molecule has 1 N–H and O–H groups in total. The highest BCUT2D eigenvalue weighted by Crippen LogP contribution is 2.30. The van der Waals surface area contributed by atoms with Gasteiger partial charge in [-0.25, -0.2) is 0 Å². The van der Waals surface area contributed by atoms with Gasteiger partial charge >= 0.3 is 0 Å². The van der Waals surface area contributed by atoms with Gasteiger partial charge in [0.05, 0.1) is 18.7 Å². The molecule has 1 aliphatic rings. The molecule has 19 heavy (non-hydrogen) atoms. The number of aliphatic hydroxyl groups excluding tert-OH is 1. The number of anilines is 1. The largest absolute Gasteiger partial charge is 0.497 e. The molecule has 0 spiro atoms. The minimum Gasteiger partial charge on any atom is -0.497 e. The lowest BCUT2D eigenvalue weighted by molar-refractivity contribution is 0.145. The molecule has 4 heteroatoms. The predicted octanol–water partition coefficient (Wildman–Crippen LogP) is 2.20. The first kappa shape index (κ1) is 12.2. The van der Waals surface area contributed by atoms with Gasteiger partial charge in [-0.2, -0.15) is 0 Å². The van der Waals surface area contributed by atoms with Gasteiger partial charge in [-0.3, -0.25) is 4.98 Å². The van der Waals surface area contributed by atoms with Crippen molar-refractivity contribution >= 4 is 16.6 Å². The molecule has 2 aromatic rings. The van der Waals surface area contributed by atoms with E-state index < -0.39 is 0 Å². The van der Waals surface area contributed by atoms with Crippen molar-refractivity contribution in [2.45, 2.75) is 18.9 Å². The maximum atomic E-state index is 9.61. The van der Waals surface area contributed by atoms with Crippen molar-refractivity contribution in [1.29, 1.82) is 0 Å². The number of benzene rings is 1. The highest BCUT2D eigenvalue weighted by Gasteiger charge is 2.19. The number of aliphatic hydroxyl groups is 1. The van der Waals surface area contributed by atoms with Crippen LogP contribution in [0, 0.1) is 0 Å². The zero-order valence-electron chi connectivity index (χ0n) is 11.0. The zero-order chi connectivity index (χ0) is 13.2. The Morgan fingerprint density at radius 2 is 2.05 bits per heavy atom. The van der Waals surface area contributed by atoms with Gasteiger partial charge in [0.25, 0.3) is 0 Å². The first-order valence-corrected chi connectivity index (χ1v) is 6.63. The molecule has 4 nitrogen and oxygen atoms in total. The molecule has 1 saturated heterocycles. The molecular weight excluding hydrogens is 240 g/mol. The normalized spacial score (nSPS) is 16.8. The fourth-order valence-electron chi connectivity index (χ4n) is 2.62. The molecule has 0 atom stereocenters. The molecule has 3 rings (SSSR count). The van der Waals surface area contributed by atoms with E-state index in [-0.39, 0.29) is 6.10 Å². The number of hydrogen-bond donors (Lipinski definition) is 1. The Labute approximate surface area is 112 Å². The number of methoxy groups -OCH3 is 1. The molecule has 0 aliphatic carbocycles. The summed E-state index contributed by atoms with van der Waals surface area (Å²) in [7, 11) is 1.68.